The van der Waals surface area contributed by atoms with Gasteiger partial charge in [-0.05, 0) is 6.92 Å². The molecular formula is C9H10N2O2. The number of rotatable bonds is 2. The van der Waals surface area contributed by atoms with Crippen molar-refractivity contribution in [3.8, 4) is 6.07 Å². The van der Waals surface area contributed by atoms with Crippen LogP contribution in [0.25, 0.3) is 0 Å². The highest BCUT2D eigenvalue weighted by Gasteiger charge is 2.13. The molecular weight excluding hydrogens is 168 g/mol. The molecule has 0 spiro atoms. The number of nitrogens with one attached hydrogen (secondary N) is 1. The zero-order chi connectivity index (χ0) is 9.84. The van der Waals surface area contributed by atoms with E-state index in [0.717, 1.165) is 0 Å². The van der Waals surface area contributed by atoms with Crippen molar-refractivity contribution in [2.75, 3.05) is 0 Å². The van der Waals surface area contributed by atoms with Crippen molar-refractivity contribution in [3.05, 3.63) is 35.0 Å². The highest BCUT2D eigenvalue weighted by molar-refractivity contribution is 5.43. The molecule has 0 aromatic heterocycles. The van der Waals surface area contributed by atoms with Crippen LogP contribution in [0, 0.1) is 16.5 Å². The lowest BCUT2D eigenvalue weighted by Crippen LogP contribution is -2.99. The molecule has 4 heteroatoms. The minimum Gasteiger partial charge on any atom is -0.595 e. The maximum Gasteiger partial charge on any atom is 0.168 e. The van der Waals surface area contributed by atoms with Crippen LogP contribution in [-0.4, -0.2) is 5.21 Å². The fourth-order valence-corrected chi connectivity index (χ4v) is 1.14. The van der Waals surface area contributed by atoms with Gasteiger partial charge in [-0.2, -0.15) is 10.5 Å². The van der Waals surface area contributed by atoms with E-state index >= 15 is 0 Å². The molecule has 4 nitrogen and oxygen atoms in total. The van der Waals surface area contributed by atoms with Crippen LogP contribution < -0.4 is 5.23 Å². The average Bonchev–Trinajstić information content (AvgIpc) is 2.16. The van der Waals surface area contributed by atoms with Gasteiger partial charge in [0.15, 0.2) is 5.69 Å². The van der Waals surface area contributed by atoms with Crippen molar-refractivity contribution in [2.24, 2.45) is 0 Å². The SMILES string of the molecule is CC(C#N)c1ccccc1[NH+]([O-])O. The largest absolute Gasteiger partial charge is 0.595 e. The van der Waals surface area contributed by atoms with Crippen molar-refractivity contribution in [3.63, 3.8) is 0 Å². The Kier molecular flexibility index (Phi) is 2.98. The van der Waals surface area contributed by atoms with E-state index in [2.05, 4.69) is 0 Å². The Morgan fingerprint density at radius 3 is 2.69 bits per heavy atom. The van der Waals surface area contributed by atoms with E-state index in [4.69, 9.17) is 10.5 Å². The summed E-state index contributed by atoms with van der Waals surface area (Å²) in [6, 6.07) is 8.56. The summed E-state index contributed by atoms with van der Waals surface area (Å²) in [6.07, 6.45) is 0. The monoisotopic (exact) mass is 178 g/mol. The first-order chi connectivity index (χ1) is 6.16. The van der Waals surface area contributed by atoms with E-state index in [9.17, 15) is 5.21 Å². The Labute approximate surface area is 76.2 Å². The van der Waals surface area contributed by atoms with Crippen molar-refractivity contribution in [1.82, 2.24) is 0 Å². The summed E-state index contributed by atoms with van der Waals surface area (Å²) in [5.74, 6) is -0.382. The Morgan fingerprint density at radius 2 is 2.15 bits per heavy atom. The van der Waals surface area contributed by atoms with Crippen LogP contribution in [0.1, 0.15) is 18.4 Å². The molecule has 0 radical (unpaired) electrons. The van der Waals surface area contributed by atoms with Gasteiger partial charge in [0.2, 0.25) is 0 Å². The first-order valence-electron chi connectivity index (χ1n) is 3.88. The van der Waals surface area contributed by atoms with E-state index in [0.29, 0.717) is 5.56 Å². The van der Waals surface area contributed by atoms with Gasteiger partial charge in [-0.25, -0.2) is 5.21 Å². The fraction of sp³-hybridized carbons (Fsp3) is 0.222. The normalized spacial score (nSPS) is 14.6. The van der Waals surface area contributed by atoms with Gasteiger partial charge in [-0.1, -0.05) is 18.2 Å². The molecule has 1 rings (SSSR count). The van der Waals surface area contributed by atoms with E-state index in [-0.39, 0.29) is 11.6 Å². The van der Waals surface area contributed by atoms with Gasteiger partial charge in [0, 0.05) is 11.6 Å². The van der Waals surface area contributed by atoms with Crippen molar-refractivity contribution in [1.29, 1.82) is 5.26 Å². The van der Waals surface area contributed by atoms with Crippen molar-refractivity contribution in [2.45, 2.75) is 12.8 Å². The van der Waals surface area contributed by atoms with Crippen LogP contribution >= 0.6 is 0 Å². The zero-order valence-electron chi connectivity index (χ0n) is 7.19. The first kappa shape index (κ1) is 9.68. The lowest BCUT2D eigenvalue weighted by Gasteiger charge is -2.16. The molecule has 13 heavy (non-hydrogen) atoms. The van der Waals surface area contributed by atoms with Gasteiger partial charge in [0.25, 0.3) is 0 Å². The van der Waals surface area contributed by atoms with Crippen LogP contribution in [0.5, 0.6) is 0 Å². The Hall–Kier alpha value is -1.41. The zero-order valence-corrected chi connectivity index (χ0v) is 7.19. The summed E-state index contributed by atoms with van der Waals surface area (Å²) in [5.41, 5.74) is 0.772. The predicted molar refractivity (Wildman–Crippen MR) is 46.2 cm³/mol. The van der Waals surface area contributed by atoms with Crippen LogP contribution in [0.3, 0.4) is 0 Å². The quantitative estimate of drug-likeness (QED) is 0.655. The number of para-hydroxylation sites is 1. The molecule has 68 valence electrons. The molecule has 1 aromatic carbocycles. The second-order valence-electron chi connectivity index (χ2n) is 2.74. The Bertz CT molecular complexity index is 331. The maximum atomic E-state index is 10.7. The van der Waals surface area contributed by atoms with Gasteiger partial charge in [0.05, 0.1) is 12.0 Å². The molecule has 0 saturated carbocycles. The number of benzene rings is 1. The number of nitriles is 1. The third-order valence-electron chi connectivity index (χ3n) is 1.85. The van der Waals surface area contributed by atoms with Gasteiger partial charge < -0.3 is 5.21 Å². The van der Waals surface area contributed by atoms with Crippen molar-refractivity contribution < 1.29 is 10.4 Å². The molecule has 2 unspecified atom stereocenters. The Morgan fingerprint density at radius 1 is 1.54 bits per heavy atom. The van der Waals surface area contributed by atoms with E-state index in [1.54, 1.807) is 25.1 Å². The highest BCUT2D eigenvalue weighted by atomic mass is 16.8. The summed E-state index contributed by atoms with van der Waals surface area (Å²) in [6.45, 7) is 1.68. The molecule has 0 heterocycles. The smallest absolute Gasteiger partial charge is 0.168 e. The van der Waals surface area contributed by atoms with Crippen LogP contribution in [0.4, 0.5) is 5.69 Å². The number of hydrogen-bond donors (Lipinski definition) is 2. The third-order valence-corrected chi connectivity index (χ3v) is 1.85. The summed E-state index contributed by atoms with van der Waals surface area (Å²) in [7, 11) is 0. The van der Waals surface area contributed by atoms with E-state index in [1.165, 1.54) is 6.07 Å². The lowest BCUT2D eigenvalue weighted by molar-refractivity contribution is -0.991. The molecule has 1 aromatic rings. The summed E-state index contributed by atoms with van der Waals surface area (Å²) < 4.78 is 0. The number of nitrogens with zero attached hydrogens (tertiary/aromatic N) is 1. The molecule has 0 aliphatic heterocycles. The van der Waals surface area contributed by atoms with Gasteiger partial charge in [-0.15, -0.1) is 0 Å². The molecule has 0 aliphatic carbocycles. The first-order valence-corrected chi connectivity index (χ1v) is 3.88. The van der Waals surface area contributed by atoms with Crippen molar-refractivity contribution >= 4 is 5.69 Å². The molecule has 2 N–H and O–H groups in total. The van der Waals surface area contributed by atoms with Gasteiger partial charge in [0.1, 0.15) is 0 Å². The Balaban J connectivity index is 3.13. The molecule has 0 saturated heterocycles. The second kappa shape index (κ2) is 4.01. The topological polar surface area (TPSA) is 71.5 Å². The van der Waals surface area contributed by atoms with Crippen LogP contribution in [0.2, 0.25) is 0 Å². The number of quaternary nitrogens is 1. The summed E-state index contributed by atoms with van der Waals surface area (Å²) in [5, 5.41) is 27.2. The van der Waals surface area contributed by atoms with E-state index in [1.807, 2.05) is 6.07 Å². The summed E-state index contributed by atoms with van der Waals surface area (Å²) >= 11 is 0. The molecule has 0 bridgehead atoms. The minimum absolute atomic E-state index is 0.205. The minimum atomic E-state index is -0.988. The highest BCUT2D eigenvalue weighted by Crippen LogP contribution is 2.20. The predicted octanol–water partition coefficient (Wildman–Crippen LogP) is 0.717. The van der Waals surface area contributed by atoms with E-state index < -0.39 is 5.23 Å². The lowest BCUT2D eigenvalue weighted by atomic mass is 10.0. The fourth-order valence-electron chi connectivity index (χ4n) is 1.14. The summed E-state index contributed by atoms with van der Waals surface area (Å²) in [4.78, 5) is 0. The molecule has 0 fully saturated rings. The second-order valence-corrected chi connectivity index (χ2v) is 2.74. The van der Waals surface area contributed by atoms with Gasteiger partial charge in [-0.3, -0.25) is 0 Å². The van der Waals surface area contributed by atoms with Crippen LogP contribution in [-0.2, 0) is 0 Å². The van der Waals surface area contributed by atoms with Crippen LogP contribution in [0.15, 0.2) is 24.3 Å². The maximum absolute atomic E-state index is 10.7. The standard InChI is InChI=1S/C9H10N2O2/c1-7(6-10)8-4-2-3-5-9(8)11(12)13/h2-5,7,11-12H,1H3. The molecule has 2 atom stereocenters. The molecule has 0 amide bonds. The van der Waals surface area contributed by atoms with Gasteiger partial charge >= 0.3 is 0 Å². The average molecular weight is 178 g/mol. The third kappa shape index (κ3) is 2.04. The molecule has 0 aliphatic rings. The number of hydrogen-bond acceptors (Lipinski definition) is 3.